The number of nitrogens with one attached hydrogen (secondary N) is 2. The molecule has 5 aliphatic carbocycles. The highest BCUT2D eigenvalue weighted by atomic mass is 32.2. The first-order valence-electron chi connectivity index (χ1n) is 13.1. The third-order valence-electron chi connectivity index (χ3n) is 8.77. The second-order valence-corrected chi connectivity index (χ2v) is 12.4. The zero-order chi connectivity index (χ0) is 21.5. The molecule has 176 valence electrons. The third kappa shape index (κ3) is 4.31. The van der Waals surface area contributed by atoms with E-state index in [-0.39, 0.29) is 5.91 Å². The molecule has 2 N–H and O–H groups in total. The number of amides is 1. The highest BCUT2D eigenvalue weighted by molar-refractivity contribution is 8.00. The van der Waals surface area contributed by atoms with Crippen molar-refractivity contribution >= 4 is 17.7 Å². The summed E-state index contributed by atoms with van der Waals surface area (Å²) < 4.78 is 11.8. The summed E-state index contributed by atoms with van der Waals surface area (Å²) in [4.78, 5) is 14.3. The fourth-order valence-electron chi connectivity index (χ4n) is 7.41. The van der Waals surface area contributed by atoms with E-state index in [0.29, 0.717) is 47.4 Å². The van der Waals surface area contributed by atoms with E-state index in [1.807, 2.05) is 0 Å². The van der Waals surface area contributed by atoms with Gasteiger partial charge >= 0.3 is 0 Å². The van der Waals surface area contributed by atoms with E-state index in [2.05, 4.69) is 15.8 Å². The number of hydrogen-bond donors (Lipinski definition) is 2. The minimum Gasteiger partial charge on any atom is -0.473 e. The van der Waals surface area contributed by atoms with Crippen LogP contribution in [0.1, 0.15) is 87.6 Å². The maximum atomic E-state index is 13.4. The van der Waals surface area contributed by atoms with Gasteiger partial charge in [-0.2, -0.15) is 0 Å². The average molecular weight is 460 g/mol. The van der Waals surface area contributed by atoms with Gasteiger partial charge in [-0.15, -0.1) is 11.8 Å². The molecule has 1 aromatic rings. The molecule has 2 heterocycles. The molecule has 4 bridgehead atoms. The van der Waals surface area contributed by atoms with Gasteiger partial charge in [0.2, 0.25) is 5.76 Å². The highest BCUT2D eigenvalue weighted by Gasteiger charge is 2.49. The van der Waals surface area contributed by atoms with Gasteiger partial charge in [-0.1, -0.05) is 19.3 Å². The molecule has 6 nitrogen and oxygen atoms in total. The van der Waals surface area contributed by atoms with Crippen molar-refractivity contribution in [3.8, 4) is 5.88 Å². The van der Waals surface area contributed by atoms with E-state index < -0.39 is 0 Å². The van der Waals surface area contributed by atoms with E-state index in [1.165, 1.54) is 70.6 Å². The van der Waals surface area contributed by atoms with E-state index in [1.54, 1.807) is 11.8 Å². The summed E-state index contributed by atoms with van der Waals surface area (Å²) in [6, 6.07) is 0.671. The van der Waals surface area contributed by atoms with Crippen molar-refractivity contribution in [2.45, 2.75) is 99.3 Å². The van der Waals surface area contributed by atoms with E-state index in [0.717, 1.165) is 29.7 Å². The van der Waals surface area contributed by atoms with Crippen molar-refractivity contribution in [3.63, 3.8) is 0 Å². The minimum atomic E-state index is -0.0814. The molecule has 0 aromatic carbocycles. The van der Waals surface area contributed by atoms with Gasteiger partial charge in [0.25, 0.3) is 11.8 Å². The van der Waals surface area contributed by atoms with Gasteiger partial charge in [-0.3, -0.25) is 4.79 Å². The van der Waals surface area contributed by atoms with Crippen molar-refractivity contribution in [2.24, 2.45) is 23.7 Å². The summed E-state index contributed by atoms with van der Waals surface area (Å²) in [6.45, 7) is 1.64. The van der Waals surface area contributed by atoms with Gasteiger partial charge in [0.15, 0.2) is 0 Å². The number of aromatic nitrogens is 1. The number of hydrogen-bond acceptors (Lipinski definition) is 6. The third-order valence-corrected chi connectivity index (χ3v) is 10.2. The molecule has 7 rings (SSSR count). The number of rotatable bonds is 7. The molecule has 0 unspecified atom stereocenters. The Morgan fingerprint density at radius 3 is 2.47 bits per heavy atom. The van der Waals surface area contributed by atoms with Crippen LogP contribution in [-0.2, 0) is 0 Å². The normalized spacial score (nSPS) is 36.5. The molecule has 1 aliphatic heterocycles. The highest BCUT2D eigenvalue weighted by Crippen LogP contribution is 2.53. The number of carbonyl (C=O) groups excluding carboxylic acids is 1. The maximum Gasteiger partial charge on any atom is 0.291 e. The Bertz CT molecular complexity index is 787. The largest absolute Gasteiger partial charge is 0.473 e. The molecule has 0 spiro atoms. The lowest BCUT2D eigenvalue weighted by Crippen LogP contribution is -2.55. The van der Waals surface area contributed by atoms with Gasteiger partial charge < -0.3 is 19.9 Å². The first kappa shape index (κ1) is 21.3. The Hall–Kier alpha value is -1.21. The van der Waals surface area contributed by atoms with E-state index in [9.17, 15) is 4.79 Å². The molecular weight excluding hydrogens is 422 g/mol. The topological polar surface area (TPSA) is 76.4 Å². The van der Waals surface area contributed by atoms with Crippen molar-refractivity contribution in [3.05, 3.63) is 5.76 Å². The molecule has 1 amide bonds. The Kier molecular flexibility index (Phi) is 6.14. The molecule has 5 saturated carbocycles. The maximum absolute atomic E-state index is 13.4. The summed E-state index contributed by atoms with van der Waals surface area (Å²) in [5, 5.41) is 11.6. The van der Waals surface area contributed by atoms with Crippen LogP contribution in [0.4, 0.5) is 0 Å². The Labute approximate surface area is 195 Å². The fraction of sp³-hybridized carbons (Fsp3) is 0.840. The van der Waals surface area contributed by atoms with Crippen LogP contribution < -0.4 is 15.4 Å². The lowest BCUT2D eigenvalue weighted by molar-refractivity contribution is -0.0124. The predicted octanol–water partition coefficient (Wildman–Crippen LogP) is 4.78. The zero-order valence-electron chi connectivity index (χ0n) is 19.0. The first-order valence-corrected chi connectivity index (χ1v) is 13.9. The van der Waals surface area contributed by atoms with Crippen molar-refractivity contribution in [2.75, 3.05) is 13.2 Å². The quantitative estimate of drug-likeness (QED) is 0.611. The van der Waals surface area contributed by atoms with Crippen LogP contribution in [0.5, 0.6) is 5.88 Å². The Balaban J connectivity index is 1.18. The molecule has 0 radical (unpaired) electrons. The second kappa shape index (κ2) is 9.21. The van der Waals surface area contributed by atoms with Gasteiger partial charge in [-0.25, -0.2) is 0 Å². The number of ether oxygens (including phenoxy) is 1. The van der Waals surface area contributed by atoms with E-state index in [4.69, 9.17) is 9.26 Å². The van der Waals surface area contributed by atoms with Gasteiger partial charge in [-0.05, 0) is 93.2 Å². The molecule has 6 aliphatic rings. The van der Waals surface area contributed by atoms with Crippen molar-refractivity contribution in [1.29, 1.82) is 0 Å². The molecule has 1 saturated heterocycles. The van der Waals surface area contributed by atoms with Gasteiger partial charge in [0.05, 0.1) is 0 Å². The molecule has 6 fully saturated rings. The Morgan fingerprint density at radius 1 is 1.03 bits per heavy atom. The molecular formula is C25H37N3O3S. The SMILES string of the molecule is O=C(NC1C2CC3CC(C2)CC1C3)c1onc(OC[C@@H]2CCCN2)c1SC1CCCCC1. The lowest BCUT2D eigenvalue weighted by atomic mass is 9.54. The van der Waals surface area contributed by atoms with Crippen LogP contribution in [0.3, 0.4) is 0 Å². The number of carbonyl (C=O) groups is 1. The smallest absolute Gasteiger partial charge is 0.291 e. The Morgan fingerprint density at radius 2 is 1.78 bits per heavy atom. The van der Waals surface area contributed by atoms with Crippen LogP contribution in [0, 0.1) is 23.7 Å². The lowest BCUT2D eigenvalue weighted by Gasteiger charge is -2.54. The summed E-state index contributed by atoms with van der Waals surface area (Å²) in [5.41, 5.74) is 0. The average Bonchev–Trinajstić information content (AvgIpc) is 3.45. The summed E-state index contributed by atoms with van der Waals surface area (Å²) >= 11 is 1.76. The molecule has 7 heteroatoms. The van der Waals surface area contributed by atoms with Crippen molar-refractivity contribution in [1.82, 2.24) is 15.8 Å². The van der Waals surface area contributed by atoms with Crippen LogP contribution in [0.15, 0.2) is 9.42 Å². The van der Waals surface area contributed by atoms with Gasteiger partial charge in [0.1, 0.15) is 11.5 Å². The molecule has 1 aromatic heterocycles. The van der Waals surface area contributed by atoms with Crippen LogP contribution in [-0.4, -0.2) is 41.5 Å². The zero-order valence-corrected chi connectivity index (χ0v) is 19.8. The van der Waals surface area contributed by atoms with E-state index >= 15 is 0 Å². The fourth-order valence-corrected chi connectivity index (χ4v) is 8.75. The van der Waals surface area contributed by atoms with Crippen molar-refractivity contribution < 1.29 is 14.1 Å². The summed E-state index contributed by atoms with van der Waals surface area (Å²) in [5.74, 6) is 3.92. The van der Waals surface area contributed by atoms with Crippen LogP contribution in [0.25, 0.3) is 0 Å². The number of thioether (sulfide) groups is 1. The molecule has 1 atom stereocenters. The van der Waals surface area contributed by atoms with Crippen LogP contribution in [0.2, 0.25) is 0 Å². The monoisotopic (exact) mass is 459 g/mol. The minimum absolute atomic E-state index is 0.0814. The summed E-state index contributed by atoms with van der Waals surface area (Å²) in [7, 11) is 0. The first-order chi connectivity index (χ1) is 15.7. The van der Waals surface area contributed by atoms with Crippen LogP contribution >= 0.6 is 11.8 Å². The predicted molar refractivity (Wildman–Crippen MR) is 124 cm³/mol. The number of nitrogens with zero attached hydrogens (tertiary/aromatic N) is 1. The molecule has 32 heavy (non-hydrogen) atoms. The van der Waals surface area contributed by atoms with Gasteiger partial charge in [0, 0.05) is 17.3 Å². The standard InChI is InChI=1S/C25H37N3O3S/c29-24(27-21-17-10-15-9-16(12-17)13-18(21)11-15)22-23(32-20-6-2-1-3-7-20)25(28-31-22)30-14-19-5-4-8-26-19/h15-21,26H,1-14H2,(H,27,29)/t15?,16?,17?,18?,19-,21?/m0/s1. The second-order valence-electron chi connectivity index (χ2n) is 11.1. The summed E-state index contributed by atoms with van der Waals surface area (Å²) in [6.07, 6.45) is 15.1.